The van der Waals surface area contributed by atoms with Gasteiger partial charge in [-0.05, 0) is 42.5 Å². The van der Waals surface area contributed by atoms with Crippen LogP contribution in [-0.4, -0.2) is 35.7 Å². The lowest BCUT2D eigenvalue weighted by Gasteiger charge is -2.11. The zero-order chi connectivity index (χ0) is 23.2. The molecule has 0 unspecified atom stereocenters. The summed E-state index contributed by atoms with van der Waals surface area (Å²) in [6.07, 6.45) is 0. The number of ether oxygens (including phenoxy) is 1. The SMILES string of the molecule is O=S(=O)(c1ccccc1)n1c(-c2cc3cc(Cl)c(OCCO)cc3[nH]2)cc2ccc(Br)cc21. The average molecular weight is 546 g/mol. The summed E-state index contributed by atoms with van der Waals surface area (Å²) in [6.45, 7) is -0.00538. The number of hydrogen-bond donors (Lipinski definition) is 2. The van der Waals surface area contributed by atoms with E-state index in [1.807, 2.05) is 24.3 Å². The second-order valence-corrected chi connectivity index (χ2v) is 10.5. The smallest absolute Gasteiger partial charge is 0.268 e. The Bertz CT molecular complexity index is 1590. The molecule has 2 heterocycles. The zero-order valence-electron chi connectivity index (χ0n) is 17.1. The molecule has 0 aliphatic heterocycles. The third-order valence-corrected chi connectivity index (χ3v) is 7.83. The molecule has 0 radical (unpaired) electrons. The molecule has 33 heavy (non-hydrogen) atoms. The van der Waals surface area contributed by atoms with E-state index in [2.05, 4.69) is 20.9 Å². The second-order valence-electron chi connectivity index (χ2n) is 7.44. The lowest BCUT2D eigenvalue weighted by molar-refractivity contribution is 0.201. The Morgan fingerprint density at radius 3 is 2.55 bits per heavy atom. The molecule has 0 atom stereocenters. The Hall–Kier alpha value is -2.78. The van der Waals surface area contributed by atoms with Gasteiger partial charge in [-0.25, -0.2) is 12.4 Å². The van der Waals surface area contributed by atoms with Gasteiger partial charge in [0.2, 0.25) is 0 Å². The number of nitrogens with one attached hydrogen (secondary N) is 1. The monoisotopic (exact) mass is 544 g/mol. The summed E-state index contributed by atoms with van der Waals surface area (Å²) in [7, 11) is -3.89. The van der Waals surface area contributed by atoms with Crippen molar-refractivity contribution in [1.29, 1.82) is 0 Å². The highest BCUT2D eigenvalue weighted by atomic mass is 79.9. The third-order valence-electron chi connectivity index (χ3n) is 5.30. The predicted octanol–water partition coefficient (Wildman–Crippen LogP) is 5.81. The van der Waals surface area contributed by atoms with Crippen LogP contribution in [-0.2, 0) is 10.0 Å². The van der Waals surface area contributed by atoms with E-state index < -0.39 is 10.0 Å². The molecule has 0 amide bonds. The van der Waals surface area contributed by atoms with Gasteiger partial charge in [0.05, 0.1) is 33.4 Å². The van der Waals surface area contributed by atoms with Gasteiger partial charge in [-0.3, -0.25) is 0 Å². The Kier molecular flexibility index (Phi) is 5.70. The minimum atomic E-state index is -3.89. The first-order valence-electron chi connectivity index (χ1n) is 10.1. The molecule has 0 saturated carbocycles. The maximum absolute atomic E-state index is 13.7. The van der Waals surface area contributed by atoms with E-state index in [1.165, 1.54) is 3.97 Å². The highest BCUT2D eigenvalue weighted by molar-refractivity contribution is 9.10. The number of fused-ring (bicyclic) bond motifs is 2. The van der Waals surface area contributed by atoms with Gasteiger partial charge in [0, 0.05) is 26.8 Å². The highest BCUT2D eigenvalue weighted by Crippen LogP contribution is 2.37. The van der Waals surface area contributed by atoms with Crippen LogP contribution in [0.3, 0.4) is 0 Å². The van der Waals surface area contributed by atoms with Gasteiger partial charge in [-0.1, -0.05) is 51.8 Å². The van der Waals surface area contributed by atoms with Crippen molar-refractivity contribution in [1.82, 2.24) is 8.96 Å². The number of rotatable bonds is 6. The quantitative estimate of drug-likeness (QED) is 0.282. The molecule has 0 spiro atoms. The van der Waals surface area contributed by atoms with Crippen molar-refractivity contribution in [3.63, 3.8) is 0 Å². The molecule has 0 bridgehead atoms. The number of aromatic nitrogens is 2. The van der Waals surface area contributed by atoms with E-state index >= 15 is 0 Å². The predicted molar refractivity (Wildman–Crippen MR) is 134 cm³/mol. The first-order valence-corrected chi connectivity index (χ1v) is 12.7. The lowest BCUT2D eigenvalue weighted by atomic mass is 10.2. The molecular formula is C24H18BrClN2O4S. The van der Waals surface area contributed by atoms with Crippen molar-refractivity contribution < 1.29 is 18.3 Å². The average Bonchev–Trinajstić information content (AvgIpc) is 3.39. The molecule has 5 rings (SSSR count). The van der Waals surface area contributed by atoms with E-state index in [4.69, 9.17) is 21.4 Å². The Balaban J connectivity index is 1.75. The molecule has 0 aliphatic rings. The van der Waals surface area contributed by atoms with Crippen molar-refractivity contribution in [2.45, 2.75) is 4.90 Å². The topological polar surface area (TPSA) is 84.3 Å². The fraction of sp³-hybridized carbons (Fsp3) is 0.0833. The molecule has 2 N–H and O–H groups in total. The fourth-order valence-corrected chi connectivity index (χ4v) is 5.95. The van der Waals surface area contributed by atoms with Crippen LogP contribution in [0.5, 0.6) is 5.75 Å². The Morgan fingerprint density at radius 2 is 1.79 bits per heavy atom. The van der Waals surface area contributed by atoms with Gasteiger partial charge in [0.25, 0.3) is 10.0 Å². The van der Waals surface area contributed by atoms with Crippen molar-refractivity contribution in [3.05, 3.63) is 82.3 Å². The van der Waals surface area contributed by atoms with Gasteiger partial charge in [0.15, 0.2) is 0 Å². The van der Waals surface area contributed by atoms with Crippen LogP contribution < -0.4 is 4.74 Å². The maximum Gasteiger partial charge on any atom is 0.268 e. The molecule has 0 saturated heterocycles. The number of halogens is 2. The molecule has 6 nitrogen and oxygen atoms in total. The number of aromatic amines is 1. The van der Waals surface area contributed by atoms with Crippen LogP contribution in [0.15, 0.2) is 82.2 Å². The minimum absolute atomic E-state index is 0.122. The molecule has 168 valence electrons. The minimum Gasteiger partial charge on any atom is -0.490 e. The number of H-pyrrole nitrogens is 1. The summed E-state index contributed by atoms with van der Waals surface area (Å²) in [6, 6.07) is 21.1. The van der Waals surface area contributed by atoms with Crippen LogP contribution in [0.1, 0.15) is 0 Å². The van der Waals surface area contributed by atoms with E-state index in [0.29, 0.717) is 27.7 Å². The summed E-state index contributed by atoms with van der Waals surface area (Å²) in [5.41, 5.74) is 2.41. The molecule has 0 aliphatic carbocycles. The number of nitrogens with zero attached hydrogens (tertiary/aromatic N) is 1. The summed E-state index contributed by atoms with van der Waals surface area (Å²) in [4.78, 5) is 3.49. The lowest BCUT2D eigenvalue weighted by Crippen LogP contribution is -2.14. The maximum atomic E-state index is 13.7. The first kappa shape index (κ1) is 22.0. The van der Waals surface area contributed by atoms with Crippen molar-refractivity contribution >= 4 is 59.4 Å². The highest BCUT2D eigenvalue weighted by Gasteiger charge is 2.25. The number of benzene rings is 3. The second kappa shape index (κ2) is 8.53. The largest absolute Gasteiger partial charge is 0.490 e. The molecule has 5 aromatic rings. The van der Waals surface area contributed by atoms with Gasteiger partial charge >= 0.3 is 0 Å². The van der Waals surface area contributed by atoms with Gasteiger partial charge in [-0.2, -0.15) is 0 Å². The zero-order valence-corrected chi connectivity index (χ0v) is 20.3. The van der Waals surface area contributed by atoms with Crippen molar-refractivity contribution in [2.24, 2.45) is 0 Å². The molecule has 0 fully saturated rings. The summed E-state index contributed by atoms with van der Waals surface area (Å²) in [5, 5.41) is 11.0. The number of hydrogen-bond acceptors (Lipinski definition) is 4. The molecule has 9 heteroatoms. The van der Waals surface area contributed by atoms with Crippen LogP contribution in [0, 0.1) is 0 Å². The first-order chi connectivity index (χ1) is 15.9. The van der Waals surface area contributed by atoms with Gasteiger partial charge in [-0.15, -0.1) is 0 Å². The third kappa shape index (κ3) is 3.93. The number of aliphatic hydroxyl groups excluding tert-OH is 1. The van der Waals surface area contributed by atoms with E-state index in [-0.39, 0.29) is 18.1 Å². The van der Waals surface area contributed by atoms with E-state index in [0.717, 1.165) is 20.8 Å². The van der Waals surface area contributed by atoms with Crippen LogP contribution in [0.2, 0.25) is 5.02 Å². The fourth-order valence-electron chi connectivity index (χ4n) is 3.83. The Morgan fingerprint density at radius 1 is 1.00 bits per heavy atom. The van der Waals surface area contributed by atoms with Crippen LogP contribution in [0.25, 0.3) is 33.2 Å². The van der Waals surface area contributed by atoms with Gasteiger partial charge in [0.1, 0.15) is 12.4 Å². The normalized spacial score (nSPS) is 12.0. The van der Waals surface area contributed by atoms with Crippen molar-refractivity contribution in [2.75, 3.05) is 13.2 Å². The van der Waals surface area contributed by atoms with E-state index in [1.54, 1.807) is 48.5 Å². The standard InChI is InChI=1S/C24H18BrClN2O4S/c25-17-7-6-15-12-23(28(22(15)13-17)33(30,31)18-4-2-1-3-5-18)21-11-16-10-19(26)24(32-9-8-29)14-20(16)27-21/h1-7,10-14,27,29H,8-9H2. The van der Waals surface area contributed by atoms with Gasteiger partial charge < -0.3 is 14.8 Å². The number of aliphatic hydroxyl groups is 1. The van der Waals surface area contributed by atoms with E-state index in [9.17, 15) is 8.42 Å². The summed E-state index contributed by atoms with van der Waals surface area (Å²) >= 11 is 9.79. The molecule has 2 aromatic heterocycles. The molecular weight excluding hydrogens is 528 g/mol. The summed E-state index contributed by atoms with van der Waals surface area (Å²) in [5.74, 6) is 0.438. The van der Waals surface area contributed by atoms with Crippen LogP contribution >= 0.6 is 27.5 Å². The van der Waals surface area contributed by atoms with Crippen molar-refractivity contribution in [3.8, 4) is 17.1 Å². The van der Waals surface area contributed by atoms with Crippen LogP contribution in [0.4, 0.5) is 0 Å². The molecule has 3 aromatic carbocycles. The summed E-state index contributed by atoms with van der Waals surface area (Å²) < 4.78 is 35.1. The Labute approximate surface area is 203 Å².